The zero-order valence-electron chi connectivity index (χ0n) is 15.9. The predicted octanol–water partition coefficient (Wildman–Crippen LogP) is 1.89. The minimum Gasteiger partial charge on any atom is -0.317 e. The van der Waals surface area contributed by atoms with Gasteiger partial charge in [-0.2, -0.15) is 0 Å². The first-order valence-electron chi connectivity index (χ1n) is 8.98. The predicted molar refractivity (Wildman–Crippen MR) is 112 cm³/mol. The number of amides is 2. The normalized spacial score (nSPS) is 15.7. The van der Waals surface area contributed by atoms with Crippen molar-refractivity contribution in [3.63, 3.8) is 0 Å². The van der Waals surface area contributed by atoms with E-state index >= 15 is 0 Å². The van der Waals surface area contributed by atoms with Gasteiger partial charge < -0.3 is 4.57 Å². The molecule has 152 valence electrons. The number of nitrogens with one attached hydrogen (secondary N) is 1. The molecule has 1 aliphatic heterocycles. The Hall–Kier alpha value is -3.69. The number of aryl methyl sites for hydroxylation is 1. The molecule has 3 N–H and O–H groups in total. The highest BCUT2D eigenvalue weighted by molar-refractivity contribution is 7.89. The largest absolute Gasteiger partial charge is 0.317 e. The monoisotopic (exact) mass is 422 g/mol. The molecule has 1 aliphatic rings. The van der Waals surface area contributed by atoms with Crippen molar-refractivity contribution in [3.05, 3.63) is 83.7 Å². The van der Waals surface area contributed by atoms with Gasteiger partial charge in [-0.05, 0) is 67.1 Å². The Balaban J connectivity index is 1.67. The number of hydrogen-bond acceptors (Lipinski definition) is 4. The smallest absolute Gasteiger partial charge is 0.282 e. The first-order chi connectivity index (χ1) is 14.2. The highest BCUT2D eigenvalue weighted by atomic mass is 32.2. The van der Waals surface area contributed by atoms with Crippen LogP contribution < -0.4 is 15.6 Å². The highest BCUT2D eigenvalue weighted by Crippen LogP contribution is 2.23. The Labute approximate surface area is 173 Å². The van der Waals surface area contributed by atoms with Gasteiger partial charge in [0.15, 0.2) is 0 Å². The van der Waals surface area contributed by atoms with Gasteiger partial charge in [0.25, 0.3) is 11.8 Å². The molecular formula is C21H18N4O4S. The Bertz CT molecular complexity index is 1290. The number of nitrogens with two attached hydrogens (primary N) is 1. The minimum absolute atomic E-state index is 0.00221. The number of sulfonamides is 1. The average molecular weight is 422 g/mol. The van der Waals surface area contributed by atoms with Crippen molar-refractivity contribution in [1.29, 1.82) is 0 Å². The molecule has 0 bridgehead atoms. The van der Waals surface area contributed by atoms with Crippen LogP contribution in [0.4, 0.5) is 5.69 Å². The first kappa shape index (κ1) is 19.6. The number of carbonyl (C=O) groups excluding carboxylic acids is 2. The molecule has 0 aliphatic carbocycles. The van der Waals surface area contributed by atoms with Crippen molar-refractivity contribution >= 4 is 33.6 Å². The lowest BCUT2D eigenvalue weighted by atomic mass is 10.2. The number of primary sulfonamides is 1. The van der Waals surface area contributed by atoms with Crippen LogP contribution in [-0.4, -0.2) is 24.8 Å². The van der Waals surface area contributed by atoms with Crippen LogP contribution >= 0.6 is 0 Å². The summed E-state index contributed by atoms with van der Waals surface area (Å²) >= 11 is 0. The summed E-state index contributed by atoms with van der Waals surface area (Å²) in [5.41, 5.74) is 5.35. The SMILES string of the molecule is Cc1cccc(N2NC(=O)C(=Cc3cccn3-c3ccc(S(N)(=O)=O)cc3)C2=O)c1. The molecule has 1 fully saturated rings. The standard InChI is InChI=1S/C21H18N4O4S/c1-14-4-2-5-17(12-14)25-21(27)19(20(26)23-25)13-16-6-3-11-24(16)15-7-9-18(10-8-15)30(22,28)29/h2-13H,1H3,(H,23,26)(H2,22,28,29). The number of aromatic nitrogens is 1. The summed E-state index contributed by atoms with van der Waals surface area (Å²) in [4.78, 5) is 25.3. The van der Waals surface area contributed by atoms with Gasteiger partial charge >= 0.3 is 0 Å². The van der Waals surface area contributed by atoms with Crippen molar-refractivity contribution in [1.82, 2.24) is 9.99 Å². The Morgan fingerprint density at radius 3 is 2.37 bits per heavy atom. The maximum absolute atomic E-state index is 12.8. The molecule has 2 heterocycles. The maximum atomic E-state index is 12.8. The van der Waals surface area contributed by atoms with E-state index < -0.39 is 21.8 Å². The van der Waals surface area contributed by atoms with Crippen molar-refractivity contribution < 1.29 is 18.0 Å². The number of anilines is 1. The Morgan fingerprint density at radius 2 is 1.70 bits per heavy atom. The molecule has 8 nitrogen and oxygen atoms in total. The molecule has 9 heteroatoms. The van der Waals surface area contributed by atoms with Crippen LogP contribution in [0.2, 0.25) is 0 Å². The molecule has 0 radical (unpaired) electrons. The van der Waals surface area contributed by atoms with Crippen LogP contribution in [0.5, 0.6) is 0 Å². The molecule has 0 spiro atoms. The third-order valence-electron chi connectivity index (χ3n) is 4.67. The highest BCUT2D eigenvalue weighted by Gasteiger charge is 2.34. The van der Waals surface area contributed by atoms with Crippen molar-refractivity contribution in [3.8, 4) is 5.69 Å². The van der Waals surface area contributed by atoms with Gasteiger partial charge in [-0.15, -0.1) is 0 Å². The molecule has 0 saturated carbocycles. The van der Waals surface area contributed by atoms with Gasteiger partial charge in [-0.25, -0.2) is 18.6 Å². The molecule has 0 unspecified atom stereocenters. The third kappa shape index (κ3) is 3.63. The number of hydrazine groups is 1. The van der Waals surface area contributed by atoms with E-state index in [0.717, 1.165) is 5.56 Å². The fraction of sp³-hybridized carbons (Fsp3) is 0.0476. The molecular weight excluding hydrogens is 404 g/mol. The zero-order chi connectivity index (χ0) is 21.5. The van der Waals surface area contributed by atoms with E-state index in [0.29, 0.717) is 17.1 Å². The molecule has 1 aromatic heterocycles. The van der Waals surface area contributed by atoms with Crippen LogP contribution in [0.3, 0.4) is 0 Å². The number of hydrogen-bond donors (Lipinski definition) is 2. The zero-order valence-corrected chi connectivity index (χ0v) is 16.8. The van der Waals surface area contributed by atoms with Gasteiger partial charge in [-0.1, -0.05) is 12.1 Å². The van der Waals surface area contributed by atoms with Crippen LogP contribution in [-0.2, 0) is 19.6 Å². The topological polar surface area (TPSA) is 114 Å². The summed E-state index contributed by atoms with van der Waals surface area (Å²) in [5, 5.41) is 6.35. The van der Waals surface area contributed by atoms with E-state index in [1.807, 2.05) is 19.1 Å². The molecule has 1 saturated heterocycles. The lowest BCUT2D eigenvalue weighted by molar-refractivity contribution is -0.117. The number of nitrogens with zero attached hydrogens (tertiary/aromatic N) is 2. The molecule has 30 heavy (non-hydrogen) atoms. The van der Waals surface area contributed by atoms with Gasteiger partial charge in [0.1, 0.15) is 5.57 Å². The average Bonchev–Trinajstić information content (AvgIpc) is 3.27. The summed E-state index contributed by atoms with van der Waals surface area (Å²) in [5.74, 6) is -0.957. The lowest BCUT2D eigenvalue weighted by Crippen LogP contribution is -2.35. The minimum atomic E-state index is -3.79. The summed E-state index contributed by atoms with van der Waals surface area (Å²) in [7, 11) is -3.79. The Kier molecular flexibility index (Phi) is 4.76. The molecule has 2 amide bonds. The van der Waals surface area contributed by atoms with Gasteiger partial charge in [0.2, 0.25) is 10.0 Å². The summed E-state index contributed by atoms with van der Waals surface area (Å²) in [6.45, 7) is 1.90. The van der Waals surface area contributed by atoms with Crippen molar-refractivity contribution in [2.75, 3.05) is 5.01 Å². The third-order valence-corrected chi connectivity index (χ3v) is 5.60. The van der Waals surface area contributed by atoms with Gasteiger partial charge in [-0.3, -0.25) is 15.0 Å². The fourth-order valence-corrected chi connectivity index (χ4v) is 3.71. The van der Waals surface area contributed by atoms with Crippen molar-refractivity contribution in [2.24, 2.45) is 5.14 Å². The quantitative estimate of drug-likeness (QED) is 0.494. The maximum Gasteiger partial charge on any atom is 0.282 e. The van der Waals surface area contributed by atoms with E-state index in [2.05, 4.69) is 5.43 Å². The summed E-state index contributed by atoms with van der Waals surface area (Å²) in [6, 6.07) is 16.7. The number of benzene rings is 2. The van der Waals surface area contributed by atoms with Crippen LogP contribution in [0.1, 0.15) is 11.3 Å². The lowest BCUT2D eigenvalue weighted by Gasteiger charge is -2.14. The molecule has 3 aromatic rings. The number of rotatable bonds is 4. The second-order valence-corrected chi connectivity index (χ2v) is 8.38. The molecule has 2 aromatic carbocycles. The summed E-state index contributed by atoms with van der Waals surface area (Å²) < 4.78 is 24.6. The van der Waals surface area contributed by atoms with Gasteiger partial charge in [0.05, 0.1) is 10.6 Å². The van der Waals surface area contributed by atoms with Crippen LogP contribution in [0.25, 0.3) is 11.8 Å². The second-order valence-electron chi connectivity index (χ2n) is 6.82. The summed E-state index contributed by atoms with van der Waals surface area (Å²) in [6.07, 6.45) is 3.25. The Morgan fingerprint density at radius 1 is 0.967 bits per heavy atom. The van der Waals surface area contributed by atoms with E-state index in [4.69, 9.17) is 5.14 Å². The fourth-order valence-electron chi connectivity index (χ4n) is 3.20. The first-order valence-corrected chi connectivity index (χ1v) is 10.5. The number of carbonyl (C=O) groups is 2. The van der Waals surface area contributed by atoms with E-state index in [1.54, 1.807) is 47.2 Å². The van der Waals surface area contributed by atoms with Gasteiger partial charge in [0, 0.05) is 17.6 Å². The van der Waals surface area contributed by atoms with Crippen LogP contribution in [0, 0.1) is 6.92 Å². The van der Waals surface area contributed by atoms with E-state index in [1.165, 1.54) is 23.2 Å². The molecule has 0 atom stereocenters. The van der Waals surface area contributed by atoms with E-state index in [9.17, 15) is 18.0 Å². The molecule has 4 rings (SSSR count). The van der Waals surface area contributed by atoms with Crippen LogP contribution in [0.15, 0.2) is 77.3 Å². The van der Waals surface area contributed by atoms with E-state index in [-0.39, 0.29) is 10.5 Å². The van der Waals surface area contributed by atoms with Crippen molar-refractivity contribution in [2.45, 2.75) is 11.8 Å². The second kappa shape index (κ2) is 7.29.